The van der Waals surface area contributed by atoms with E-state index < -0.39 is 0 Å². The van der Waals surface area contributed by atoms with Crippen molar-refractivity contribution in [1.29, 1.82) is 5.26 Å². The molecule has 4 aromatic rings. The average Bonchev–Trinajstić information content (AvgIpc) is 3.48. The van der Waals surface area contributed by atoms with Crippen LogP contribution >= 0.6 is 11.6 Å². The molecule has 3 aromatic carbocycles. The van der Waals surface area contributed by atoms with Crippen molar-refractivity contribution >= 4 is 11.6 Å². The first-order valence-electron chi connectivity index (χ1n) is 10.4. The lowest BCUT2D eigenvalue weighted by molar-refractivity contribution is 0.0624. The Bertz CT molecular complexity index is 1340. The molecule has 1 atom stereocenters. The molecule has 1 unspecified atom stereocenters. The van der Waals surface area contributed by atoms with Gasteiger partial charge in [0.1, 0.15) is 6.10 Å². The maximum absolute atomic E-state index is 9.15. The van der Waals surface area contributed by atoms with E-state index in [0.29, 0.717) is 17.2 Å². The van der Waals surface area contributed by atoms with E-state index in [2.05, 4.69) is 11.1 Å². The number of imidazole rings is 1. The number of ether oxygens (including phenoxy) is 3. The Kier molecular flexibility index (Phi) is 5.74. The average molecular weight is 458 g/mol. The lowest BCUT2D eigenvalue weighted by Crippen LogP contribution is -2.11. The van der Waals surface area contributed by atoms with E-state index in [0.717, 1.165) is 39.4 Å². The maximum Gasteiger partial charge on any atom is 0.231 e. The molecular formula is C26H20ClN3O3. The van der Waals surface area contributed by atoms with E-state index in [1.807, 2.05) is 60.1 Å². The van der Waals surface area contributed by atoms with Gasteiger partial charge in [-0.25, -0.2) is 4.98 Å². The van der Waals surface area contributed by atoms with Crippen LogP contribution in [0.15, 0.2) is 73.2 Å². The largest absolute Gasteiger partial charge is 0.454 e. The molecule has 1 aromatic heterocycles. The van der Waals surface area contributed by atoms with Crippen LogP contribution in [0.2, 0.25) is 5.02 Å². The summed E-state index contributed by atoms with van der Waals surface area (Å²) in [4.78, 5) is 4.25. The number of aryl methyl sites for hydroxylation is 1. The van der Waals surface area contributed by atoms with Gasteiger partial charge < -0.3 is 18.8 Å². The fraction of sp³-hybridized carbons (Fsp3) is 0.154. The minimum Gasteiger partial charge on any atom is -0.454 e. The Labute approximate surface area is 196 Å². The van der Waals surface area contributed by atoms with Crippen molar-refractivity contribution in [3.05, 3.63) is 101 Å². The van der Waals surface area contributed by atoms with Crippen molar-refractivity contribution < 1.29 is 14.2 Å². The smallest absolute Gasteiger partial charge is 0.231 e. The molecule has 6 nitrogen and oxygen atoms in total. The van der Waals surface area contributed by atoms with Crippen molar-refractivity contribution in [2.24, 2.45) is 7.05 Å². The lowest BCUT2D eigenvalue weighted by Gasteiger charge is -2.20. The molecule has 0 amide bonds. The van der Waals surface area contributed by atoms with Crippen LogP contribution in [-0.4, -0.2) is 16.3 Å². The van der Waals surface area contributed by atoms with Crippen LogP contribution in [0.25, 0.3) is 11.1 Å². The predicted octanol–water partition coefficient (Wildman–Crippen LogP) is 5.65. The number of fused-ring (bicyclic) bond motifs is 1. The van der Waals surface area contributed by atoms with Crippen LogP contribution in [0.4, 0.5) is 0 Å². The van der Waals surface area contributed by atoms with Crippen molar-refractivity contribution in [2.45, 2.75) is 12.7 Å². The Morgan fingerprint density at radius 2 is 1.91 bits per heavy atom. The predicted molar refractivity (Wildman–Crippen MR) is 124 cm³/mol. The molecule has 1 aliphatic rings. The summed E-state index contributed by atoms with van der Waals surface area (Å²) in [5, 5.41) is 9.78. The molecule has 0 bridgehead atoms. The van der Waals surface area contributed by atoms with Crippen molar-refractivity contribution in [3.8, 4) is 28.7 Å². The molecule has 0 aliphatic carbocycles. The van der Waals surface area contributed by atoms with Crippen molar-refractivity contribution in [1.82, 2.24) is 9.55 Å². The summed E-state index contributed by atoms with van der Waals surface area (Å²) in [6.07, 6.45) is 3.17. The van der Waals surface area contributed by atoms with E-state index in [9.17, 15) is 0 Å². The summed E-state index contributed by atoms with van der Waals surface area (Å²) in [7, 11) is 1.93. The van der Waals surface area contributed by atoms with E-state index in [1.165, 1.54) is 0 Å². The quantitative estimate of drug-likeness (QED) is 0.374. The number of nitrogens with zero attached hydrogens (tertiary/aromatic N) is 3. The summed E-state index contributed by atoms with van der Waals surface area (Å²) >= 11 is 6.34. The Morgan fingerprint density at radius 3 is 2.67 bits per heavy atom. The zero-order chi connectivity index (χ0) is 22.8. The highest BCUT2D eigenvalue weighted by molar-refractivity contribution is 6.30. The van der Waals surface area contributed by atoms with Crippen LogP contribution in [0.1, 0.15) is 28.5 Å². The summed E-state index contributed by atoms with van der Waals surface area (Å²) in [6.45, 7) is 0.548. The molecule has 164 valence electrons. The normalized spacial score (nSPS) is 13.0. The van der Waals surface area contributed by atoms with Gasteiger partial charge in [0.05, 0.1) is 36.5 Å². The molecule has 33 heavy (non-hydrogen) atoms. The van der Waals surface area contributed by atoms with Gasteiger partial charge in [-0.15, -0.1) is 0 Å². The fourth-order valence-corrected chi connectivity index (χ4v) is 4.10. The summed E-state index contributed by atoms with van der Waals surface area (Å²) < 4.78 is 19.4. The highest BCUT2D eigenvalue weighted by atomic mass is 35.5. The number of rotatable bonds is 6. The zero-order valence-corrected chi connectivity index (χ0v) is 18.6. The van der Waals surface area contributed by atoms with Gasteiger partial charge in [-0.05, 0) is 58.7 Å². The van der Waals surface area contributed by atoms with Gasteiger partial charge in [-0.1, -0.05) is 35.9 Å². The Hall–Kier alpha value is -3.79. The molecule has 0 N–H and O–H groups in total. The van der Waals surface area contributed by atoms with Crippen molar-refractivity contribution in [2.75, 3.05) is 6.79 Å². The molecular weight excluding hydrogens is 438 g/mol. The highest BCUT2D eigenvalue weighted by Crippen LogP contribution is 2.38. The van der Waals surface area contributed by atoms with E-state index in [1.54, 1.807) is 24.7 Å². The molecule has 7 heteroatoms. The maximum atomic E-state index is 9.15. The molecule has 0 saturated heterocycles. The molecule has 1 aliphatic heterocycles. The summed E-state index contributed by atoms with van der Waals surface area (Å²) in [6, 6.07) is 21.2. The third-order valence-electron chi connectivity index (χ3n) is 5.62. The molecule has 2 heterocycles. The van der Waals surface area contributed by atoms with Crippen LogP contribution in [0.3, 0.4) is 0 Å². The van der Waals surface area contributed by atoms with Gasteiger partial charge in [0.2, 0.25) is 6.79 Å². The summed E-state index contributed by atoms with van der Waals surface area (Å²) in [5.41, 5.74) is 5.38. The van der Waals surface area contributed by atoms with E-state index in [-0.39, 0.29) is 12.9 Å². The van der Waals surface area contributed by atoms with Crippen LogP contribution in [0, 0.1) is 11.3 Å². The second-order valence-corrected chi connectivity index (χ2v) is 8.16. The van der Waals surface area contributed by atoms with E-state index >= 15 is 0 Å². The van der Waals surface area contributed by atoms with Gasteiger partial charge >= 0.3 is 0 Å². The van der Waals surface area contributed by atoms with Gasteiger partial charge in [-0.2, -0.15) is 5.26 Å². The van der Waals surface area contributed by atoms with E-state index in [4.69, 9.17) is 31.1 Å². The molecule has 5 rings (SSSR count). The lowest BCUT2D eigenvalue weighted by atomic mass is 9.99. The van der Waals surface area contributed by atoms with Gasteiger partial charge in [0.15, 0.2) is 11.5 Å². The molecule has 0 spiro atoms. The number of aromatic nitrogens is 2. The zero-order valence-electron chi connectivity index (χ0n) is 17.9. The molecule has 0 radical (unpaired) electrons. The third kappa shape index (κ3) is 4.29. The van der Waals surface area contributed by atoms with Crippen LogP contribution in [0.5, 0.6) is 11.5 Å². The number of hydrogen-bond donors (Lipinski definition) is 0. The number of benzene rings is 3. The summed E-state index contributed by atoms with van der Waals surface area (Å²) in [5.74, 6) is 1.46. The Morgan fingerprint density at radius 1 is 1.09 bits per heavy atom. The first-order valence-corrected chi connectivity index (χ1v) is 10.8. The topological polar surface area (TPSA) is 69.3 Å². The number of nitriles is 1. The standard InChI is InChI=1S/C26H20ClN3O3/c1-30-15-29-13-23(30)26(18-4-2-17(12-28)3-5-18)31-14-20-10-21(27)7-8-22(20)19-6-9-24-25(11-19)33-16-32-24/h2-11,13,15,26H,14,16H2,1H3. The first-order chi connectivity index (χ1) is 16.1. The number of hydrogen-bond acceptors (Lipinski definition) is 5. The minimum atomic E-state index is -0.367. The third-order valence-corrected chi connectivity index (χ3v) is 5.86. The van der Waals surface area contributed by atoms with Gasteiger partial charge in [0, 0.05) is 12.1 Å². The first kappa shape index (κ1) is 21.1. The SMILES string of the molecule is Cn1cncc1C(OCc1cc(Cl)ccc1-c1ccc2c(c1)OCO2)c1ccc(C#N)cc1. The van der Waals surface area contributed by atoms with Gasteiger partial charge in [0.25, 0.3) is 0 Å². The van der Waals surface area contributed by atoms with Crippen molar-refractivity contribution in [3.63, 3.8) is 0 Å². The fourth-order valence-electron chi connectivity index (χ4n) is 3.91. The van der Waals surface area contributed by atoms with Crippen LogP contribution < -0.4 is 9.47 Å². The highest BCUT2D eigenvalue weighted by Gasteiger charge is 2.20. The Balaban J connectivity index is 1.48. The minimum absolute atomic E-state index is 0.229. The second kappa shape index (κ2) is 8.99. The molecule has 0 saturated carbocycles. The monoisotopic (exact) mass is 457 g/mol. The number of halogens is 1. The molecule has 0 fully saturated rings. The van der Waals surface area contributed by atoms with Crippen LogP contribution in [-0.2, 0) is 18.4 Å². The second-order valence-electron chi connectivity index (χ2n) is 7.72. The van der Waals surface area contributed by atoms with Gasteiger partial charge in [-0.3, -0.25) is 0 Å².